The van der Waals surface area contributed by atoms with Gasteiger partial charge in [-0.2, -0.15) is 0 Å². The summed E-state index contributed by atoms with van der Waals surface area (Å²) < 4.78 is 4.84. The van der Waals surface area contributed by atoms with Crippen molar-refractivity contribution in [2.45, 2.75) is 0 Å². The predicted molar refractivity (Wildman–Crippen MR) is 39.4 cm³/mol. The predicted octanol–water partition coefficient (Wildman–Crippen LogP) is 1.14. The van der Waals surface area contributed by atoms with Crippen LogP contribution < -0.4 is 5.43 Å². The molecule has 54 valence electrons. The van der Waals surface area contributed by atoms with Gasteiger partial charge in [-0.1, -0.05) is 5.16 Å². The van der Waals surface area contributed by atoms with Crippen LogP contribution in [0.3, 0.4) is 0 Å². The standard InChI is InChI=1S/C8H5NO2/c10-7-2-1-6-3-4-9-11-8(6)5-7/h1-5H. The molecule has 0 saturated carbocycles. The second-order valence-corrected chi connectivity index (χ2v) is 2.21. The first-order valence-corrected chi connectivity index (χ1v) is 3.21. The number of aromatic nitrogens is 1. The zero-order chi connectivity index (χ0) is 7.68. The van der Waals surface area contributed by atoms with Crippen LogP contribution >= 0.6 is 0 Å². The summed E-state index contributed by atoms with van der Waals surface area (Å²) >= 11 is 0. The van der Waals surface area contributed by atoms with E-state index in [2.05, 4.69) is 5.16 Å². The molecular formula is C8H5NO2. The molecule has 0 saturated heterocycles. The molecule has 11 heavy (non-hydrogen) atoms. The summed E-state index contributed by atoms with van der Waals surface area (Å²) in [5, 5.41) is 3.54. The molecule has 1 heterocycles. The molecule has 0 atom stereocenters. The van der Waals surface area contributed by atoms with Gasteiger partial charge in [0.05, 0.1) is 6.20 Å². The Labute approximate surface area is 62.6 Å². The van der Waals surface area contributed by atoms with Gasteiger partial charge in [0.15, 0.2) is 11.2 Å². The van der Waals surface area contributed by atoms with Crippen LogP contribution in [0.2, 0.25) is 0 Å². The Morgan fingerprint density at radius 3 is 3.09 bits per heavy atom. The molecule has 0 spiro atoms. The van der Waals surface area contributed by atoms with Crippen LogP contribution in [0.5, 0.6) is 0 Å². The molecule has 0 aromatic heterocycles. The van der Waals surface area contributed by atoms with Crippen LogP contribution in [0, 0.1) is 0 Å². The average Bonchev–Trinajstić information content (AvgIpc) is 2.04. The number of hydrogen-bond donors (Lipinski definition) is 0. The molecule has 1 aliphatic carbocycles. The largest absolute Gasteiger partial charge is 0.356 e. The van der Waals surface area contributed by atoms with Crippen LogP contribution in [0.15, 0.2) is 39.8 Å². The summed E-state index contributed by atoms with van der Waals surface area (Å²) in [6.07, 6.45) is 1.55. The Morgan fingerprint density at radius 1 is 1.27 bits per heavy atom. The Balaban J connectivity index is 2.84. The molecule has 3 nitrogen and oxygen atoms in total. The summed E-state index contributed by atoms with van der Waals surface area (Å²) in [7, 11) is 0. The lowest BCUT2D eigenvalue weighted by molar-refractivity contribution is 0.412. The summed E-state index contributed by atoms with van der Waals surface area (Å²) in [5.74, 6) is 0.528. The lowest BCUT2D eigenvalue weighted by atomic mass is 10.1. The highest BCUT2D eigenvalue weighted by molar-refractivity contribution is 5.56. The van der Waals surface area contributed by atoms with Gasteiger partial charge in [0, 0.05) is 11.6 Å². The van der Waals surface area contributed by atoms with E-state index in [4.69, 9.17) is 4.52 Å². The number of benzene rings is 1. The molecular weight excluding hydrogens is 142 g/mol. The van der Waals surface area contributed by atoms with Gasteiger partial charge in [0.1, 0.15) is 0 Å². The topological polar surface area (TPSA) is 43.1 Å². The van der Waals surface area contributed by atoms with E-state index in [1.165, 1.54) is 12.1 Å². The van der Waals surface area contributed by atoms with E-state index in [-0.39, 0.29) is 5.43 Å². The molecule has 0 bridgehead atoms. The van der Waals surface area contributed by atoms with E-state index >= 15 is 0 Å². The maximum absolute atomic E-state index is 10.8. The van der Waals surface area contributed by atoms with Crippen LogP contribution in [0.4, 0.5) is 0 Å². The maximum atomic E-state index is 10.8. The van der Waals surface area contributed by atoms with Gasteiger partial charge < -0.3 is 4.52 Å². The van der Waals surface area contributed by atoms with Crippen molar-refractivity contribution >= 4 is 0 Å². The highest BCUT2D eigenvalue weighted by Gasteiger charge is 2.01. The average molecular weight is 147 g/mol. The lowest BCUT2D eigenvalue weighted by Crippen LogP contribution is -1.97. The van der Waals surface area contributed by atoms with Gasteiger partial charge in [-0.15, -0.1) is 0 Å². The molecule has 1 aliphatic heterocycles. The van der Waals surface area contributed by atoms with Crippen molar-refractivity contribution in [3.8, 4) is 11.3 Å². The van der Waals surface area contributed by atoms with Crippen LogP contribution in [-0.2, 0) is 0 Å². The van der Waals surface area contributed by atoms with Gasteiger partial charge in [0.25, 0.3) is 0 Å². The van der Waals surface area contributed by atoms with E-state index in [0.717, 1.165) is 5.56 Å². The minimum absolute atomic E-state index is 0.0609. The molecule has 0 unspecified atom stereocenters. The molecule has 0 aromatic carbocycles. The van der Waals surface area contributed by atoms with Crippen molar-refractivity contribution in [3.63, 3.8) is 0 Å². The molecule has 2 aliphatic rings. The van der Waals surface area contributed by atoms with E-state index in [0.29, 0.717) is 5.76 Å². The Hall–Kier alpha value is -1.64. The summed E-state index contributed by atoms with van der Waals surface area (Å²) in [5.41, 5.74) is 0.828. The lowest BCUT2D eigenvalue weighted by Gasteiger charge is -1.97. The quantitative estimate of drug-likeness (QED) is 0.561. The van der Waals surface area contributed by atoms with Crippen molar-refractivity contribution in [1.82, 2.24) is 5.16 Å². The third-order valence-corrected chi connectivity index (χ3v) is 1.45. The fourth-order valence-electron chi connectivity index (χ4n) is 0.929. The van der Waals surface area contributed by atoms with Crippen molar-refractivity contribution in [2.24, 2.45) is 0 Å². The molecule has 0 fully saturated rings. The van der Waals surface area contributed by atoms with Crippen molar-refractivity contribution in [3.05, 3.63) is 40.7 Å². The van der Waals surface area contributed by atoms with Crippen LogP contribution in [0.1, 0.15) is 0 Å². The van der Waals surface area contributed by atoms with Crippen LogP contribution in [-0.4, -0.2) is 5.16 Å². The Morgan fingerprint density at radius 2 is 2.18 bits per heavy atom. The van der Waals surface area contributed by atoms with E-state index in [1.807, 2.05) is 0 Å². The molecule has 0 radical (unpaired) electrons. The first-order valence-electron chi connectivity index (χ1n) is 3.21. The fourth-order valence-corrected chi connectivity index (χ4v) is 0.929. The van der Waals surface area contributed by atoms with E-state index in [9.17, 15) is 4.79 Å². The molecule has 2 rings (SSSR count). The molecule has 3 heteroatoms. The fraction of sp³-hybridized carbons (Fsp3) is 0. The third-order valence-electron chi connectivity index (χ3n) is 1.45. The zero-order valence-corrected chi connectivity index (χ0v) is 5.65. The second kappa shape index (κ2) is 2.20. The second-order valence-electron chi connectivity index (χ2n) is 2.21. The third kappa shape index (κ3) is 1.00. The minimum atomic E-state index is -0.0609. The minimum Gasteiger partial charge on any atom is -0.356 e. The monoisotopic (exact) mass is 147 g/mol. The normalized spacial score (nSPS) is 10.2. The maximum Gasteiger partial charge on any atom is 0.182 e. The van der Waals surface area contributed by atoms with Gasteiger partial charge in [-0.05, 0) is 18.2 Å². The molecule has 0 amide bonds. The van der Waals surface area contributed by atoms with Gasteiger partial charge in [0.2, 0.25) is 0 Å². The van der Waals surface area contributed by atoms with Gasteiger partial charge in [-0.25, -0.2) is 0 Å². The van der Waals surface area contributed by atoms with E-state index < -0.39 is 0 Å². The van der Waals surface area contributed by atoms with Gasteiger partial charge in [-0.3, -0.25) is 4.79 Å². The molecule has 0 aromatic rings. The van der Waals surface area contributed by atoms with Crippen molar-refractivity contribution in [2.75, 3.05) is 0 Å². The number of hydrogen-bond acceptors (Lipinski definition) is 3. The summed E-state index contributed by atoms with van der Waals surface area (Å²) in [6, 6.07) is 6.42. The van der Waals surface area contributed by atoms with Crippen molar-refractivity contribution < 1.29 is 4.52 Å². The number of fused-ring (bicyclic) bond motifs is 1. The summed E-state index contributed by atoms with van der Waals surface area (Å²) in [6.45, 7) is 0. The smallest absolute Gasteiger partial charge is 0.182 e. The first-order chi connectivity index (χ1) is 5.36. The Bertz CT molecular complexity index is 394. The van der Waals surface area contributed by atoms with E-state index in [1.54, 1.807) is 18.3 Å². The van der Waals surface area contributed by atoms with Crippen LogP contribution in [0.25, 0.3) is 11.3 Å². The first kappa shape index (κ1) is 6.09. The number of nitrogens with zero attached hydrogens (tertiary/aromatic N) is 1. The van der Waals surface area contributed by atoms with Gasteiger partial charge >= 0.3 is 0 Å². The SMILES string of the molecule is O=c1ccc2ccnoc-2c1. The summed E-state index contributed by atoms with van der Waals surface area (Å²) in [4.78, 5) is 10.8. The van der Waals surface area contributed by atoms with Crippen molar-refractivity contribution in [1.29, 1.82) is 0 Å². The molecule has 0 N–H and O–H groups in total. The number of rotatable bonds is 0. The zero-order valence-electron chi connectivity index (χ0n) is 5.65. The highest BCUT2D eigenvalue weighted by Crippen LogP contribution is 2.15. The Kier molecular flexibility index (Phi) is 1.22. The highest BCUT2D eigenvalue weighted by atomic mass is 16.5.